The van der Waals surface area contributed by atoms with Gasteiger partial charge in [0.1, 0.15) is 0 Å². The molecule has 0 N–H and O–H groups in total. The van der Waals surface area contributed by atoms with E-state index in [0.29, 0.717) is 11.8 Å². The number of nitrogens with zero attached hydrogens (tertiary/aromatic N) is 1. The molecule has 1 aromatic carbocycles. The number of aromatic nitrogens is 1. The molecule has 1 aliphatic rings. The molecule has 0 amide bonds. The number of hydrogen-bond donors (Lipinski definition) is 0. The van der Waals surface area contributed by atoms with Crippen molar-refractivity contribution in [3.05, 3.63) is 64.4 Å². The first-order chi connectivity index (χ1) is 10.2. The van der Waals surface area contributed by atoms with Gasteiger partial charge in [-0.1, -0.05) is 30.3 Å². The summed E-state index contributed by atoms with van der Waals surface area (Å²) in [6, 6.07) is 15.0. The average molecular weight is 365 g/mol. The summed E-state index contributed by atoms with van der Waals surface area (Å²) in [5.74, 6) is 1.15. The van der Waals surface area contributed by atoms with Crippen molar-refractivity contribution in [2.45, 2.75) is 37.0 Å². The molecule has 1 saturated carbocycles. The maximum absolute atomic E-state index is 6.58. The first-order valence-corrected chi connectivity index (χ1v) is 8.75. The minimum Gasteiger partial charge on any atom is -0.260 e. The maximum atomic E-state index is 6.58. The third-order valence-electron chi connectivity index (χ3n) is 4.42. The lowest BCUT2D eigenvalue weighted by Gasteiger charge is -2.33. The van der Waals surface area contributed by atoms with Crippen LogP contribution in [0.4, 0.5) is 0 Å². The molecule has 0 radical (unpaired) electrons. The second-order valence-electron chi connectivity index (χ2n) is 5.87. The molecular formula is C18H19BrClN. The van der Waals surface area contributed by atoms with E-state index in [4.69, 9.17) is 11.6 Å². The van der Waals surface area contributed by atoms with Gasteiger partial charge in [0, 0.05) is 21.7 Å². The number of pyridine rings is 1. The monoisotopic (exact) mass is 363 g/mol. The Kier molecular flexibility index (Phi) is 4.97. The third-order valence-corrected chi connectivity index (χ3v) is 5.46. The van der Waals surface area contributed by atoms with Crippen LogP contribution in [-0.4, -0.2) is 10.4 Å². The van der Waals surface area contributed by atoms with E-state index in [1.165, 1.54) is 12.0 Å². The van der Waals surface area contributed by atoms with Gasteiger partial charge >= 0.3 is 0 Å². The fourth-order valence-electron chi connectivity index (χ4n) is 3.26. The van der Waals surface area contributed by atoms with Crippen LogP contribution in [-0.2, 0) is 6.42 Å². The zero-order chi connectivity index (χ0) is 14.7. The molecule has 1 aliphatic carbocycles. The number of halogens is 2. The SMILES string of the molecule is ClC1CCC(c2ccccc2)CC1Cc1ccc(Br)cn1. The molecule has 0 bridgehead atoms. The van der Waals surface area contributed by atoms with Gasteiger partial charge in [-0.25, -0.2) is 0 Å². The van der Waals surface area contributed by atoms with E-state index in [1.54, 1.807) is 0 Å². The Balaban J connectivity index is 1.70. The van der Waals surface area contributed by atoms with Crippen LogP contribution < -0.4 is 0 Å². The summed E-state index contributed by atoms with van der Waals surface area (Å²) in [7, 11) is 0. The molecule has 110 valence electrons. The van der Waals surface area contributed by atoms with Crippen molar-refractivity contribution in [3.63, 3.8) is 0 Å². The summed E-state index contributed by atoms with van der Waals surface area (Å²) >= 11 is 10.0. The van der Waals surface area contributed by atoms with Crippen LogP contribution >= 0.6 is 27.5 Å². The molecule has 1 fully saturated rings. The highest BCUT2D eigenvalue weighted by molar-refractivity contribution is 9.10. The second-order valence-corrected chi connectivity index (χ2v) is 7.34. The van der Waals surface area contributed by atoms with Crippen LogP contribution in [0, 0.1) is 5.92 Å². The van der Waals surface area contributed by atoms with Crippen molar-refractivity contribution < 1.29 is 0 Å². The van der Waals surface area contributed by atoms with E-state index in [0.717, 1.165) is 29.4 Å². The van der Waals surface area contributed by atoms with E-state index < -0.39 is 0 Å². The highest BCUT2D eigenvalue weighted by atomic mass is 79.9. The number of hydrogen-bond acceptors (Lipinski definition) is 1. The van der Waals surface area contributed by atoms with Gasteiger partial charge in [0.25, 0.3) is 0 Å². The molecule has 3 unspecified atom stereocenters. The summed E-state index contributed by atoms with van der Waals surface area (Å²) in [4.78, 5) is 4.50. The number of benzene rings is 1. The molecule has 0 aliphatic heterocycles. The van der Waals surface area contributed by atoms with Gasteiger partial charge < -0.3 is 0 Å². The van der Waals surface area contributed by atoms with Gasteiger partial charge in [-0.05, 0) is 71.1 Å². The lowest BCUT2D eigenvalue weighted by molar-refractivity contribution is 0.325. The van der Waals surface area contributed by atoms with Crippen molar-refractivity contribution in [2.24, 2.45) is 5.92 Å². The van der Waals surface area contributed by atoms with Crippen molar-refractivity contribution in [3.8, 4) is 0 Å². The van der Waals surface area contributed by atoms with Crippen molar-refractivity contribution in [1.82, 2.24) is 4.98 Å². The normalized spacial score (nSPS) is 25.7. The largest absolute Gasteiger partial charge is 0.260 e. The Morgan fingerprint density at radius 1 is 1.10 bits per heavy atom. The minimum atomic E-state index is 0.274. The van der Waals surface area contributed by atoms with E-state index in [-0.39, 0.29) is 5.38 Å². The zero-order valence-electron chi connectivity index (χ0n) is 11.9. The number of rotatable bonds is 3. The molecule has 1 nitrogen and oxygen atoms in total. The molecule has 0 saturated heterocycles. The number of alkyl halides is 1. The van der Waals surface area contributed by atoms with Gasteiger partial charge in [0.15, 0.2) is 0 Å². The second kappa shape index (κ2) is 6.93. The zero-order valence-corrected chi connectivity index (χ0v) is 14.2. The predicted molar refractivity (Wildman–Crippen MR) is 91.8 cm³/mol. The van der Waals surface area contributed by atoms with Gasteiger partial charge in [0.2, 0.25) is 0 Å². The molecule has 3 heteroatoms. The Bertz CT molecular complexity index is 570. The molecule has 1 heterocycles. The summed E-state index contributed by atoms with van der Waals surface area (Å²) in [5, 5.41) is 0.274. The Morgan fingerprint density at radius 2 is 1.90 bits per heavy atom. The van der Waals surface area contributed by atoms with E-state index in [1.807, 2.05) is 6.20 Å². The lowest BCUT2D eigenvalue weighted by Crippen LogP contribution is -2.26. The third kappa shape index (κ3) is 3.87. The van der Waals surface area contributed by atoms with Gasteiger partial charge in [0.05, 0.1) is 0 Å². The van der Waals surface area contributed by atoms with Crippen molar-refractivity contribution in [1.29, 1.82) is 0 Å². The van der Waals surface area contributed by atoms with Crippen LogP contribution in [0.3, 0.4) is 0 Å². The Labute approximate surface area is 139 Å². The van der Waals surface area contributed by atoms with Crippen LogP contribution in [0.15, 0.2) is 53.1 Å². The fraction of sp³-hybridized carbons (Fsp3) is 0.389. The highest BCUT2D eigenvalue weighted by Gasteiger charge is 2.30. The maximum Gasteiger partial charge on any atom is 0.0413 e. The molecule has 1 aromatic heterocycles. The minimum absolute atomic E-state index is 0.274. The molecule has 3 atom stereocenters. The summed E-state index contributed by atoms with van der Waals surface area (Å²) in [6.07, 6.45) is 6.31. The lowest BCUT2D eigenvalue weighted by atomic mass is 9.76. The highest BCUT2D eigenvalue weighted by Crippen LogP contribution is 2.39. The van der Waals surface area contributed by atoms with Crippen LogP contribution in [0.5, 0.6) is 0 Å². The first kappa shape index (κ1) is 15.1. The van der Waals surface area contributed by atoms with E-state index >= 15 is 0 Å². The molecule has 0 spiro atoms. The van der Waals surface area contributed by atoms with Gasteiger partial charge in [-0.2, -0.15) is 0 Å². The topological polar surface area (TPSA) is 12.9 Å². The standard InChI is InChI=1S/C18H19BrClN/c19-16-7-8-17(21-12-16)11-15-10-14(6-9-18(15)20)13-4-2-1-3-5-13/h1-5,7-8,12,14-15,18H,6,9-11H2. The molecule has 2 aromatic rings. The molecule has 21 heavy (non-hydrogen) atoms. The van der Waals surface area contributed by atoms with E-state index in [2.05, 4.69) is 63.4 Å². The van der Waals surface area contributed by atoms with Gasteiger partial charge in [-0.3, -0.25) is 4.98 Å². The van der Waals surface area contributed by atoms with Crippen LogP contribution in [0.1, 0.15) is 36.4 Å². The summed E-state index contributed by atoms with van der Waals surface area (Å²) in [5.41, 5.74) is 2.59. The predicted octanol–water partition coefficient (Wildman–Crippen LogP) is 5.58. The molecular weight excluding hydrogens is 346 g/mol. The van der Waals surface area contributed by atoms with Crippen LogP contribution in [0.25, 0.3) is 0 Å². The van der Waals surface area contributed by atoms with Crippen molar-refractivity contribution in [2.75, 3.05) is 0 Å². The summed E-state index contributed by atoms with van der Waals surface area (Å²) < 4.78 is 1.03. The summed E-state index contributed by atoms with van der Waals surface area (Å²) in [6.45, 7) is 0. The smallest absolute Gasteiger partial charge is 0.0413 e. The van der Waals surface area contributed by atoms with Gasteiger partial charge in [-0.15, -0.1) is 11.6 Å². The quantitative estimate of drug-likeness (QED) is 0.648. The first-order valence-electron chi connectivity index (χ1n) is 7.52. The van der Waals surface area contributed by atoms with E-state index in [9.17, 15) is 0 Å². The Hall–Kier alpha value is -0.860. The Morgan fingerprint density at radius 3 is 2.62 bits per heavy atom. The molecule has 3 rings (SSSR count). The average Bonchev–Trinajstić information content (AvgIpc) is 2.52. The van der Waals surface area contributed by atoms with Crippen LogP contribution in [0.2, 0.25) is 0 Å². The van der Waals surface area contributed by atoms with Crippen molar-refractivity contribution >= 4 is 27.5 Å². The fourth-order valence-corrected chi connectivity index (χ4v) is 3.81.